The molecule has 0 radical (unpaired) electrons. The number of fused-ring (bicyclic) bond motifs is 6. The average molecular weight is 886 g/mol. The first-order chi connectivity index (χ1) is 29.4. The molecule has 2 saturated heterocycles. The molecule has 15 heteroatoms. The summed E-state index contributed by atoms with van der Waals surface area (Å²) in [7, 11) is 0. The maximum atomic E-state index is 15.0. The zero-order chi connectivity index (χ0) is 45.0. The molecule has 0 aromatic heterocycles. The van der Waals surface area contributed by atoms with Gasteiger partial charge in [-0.15, -0.1) is 0 Å². The highest BCUT2D eigenvalue weighted by atomic mass is 32.2. The van der Waals surface area contributed by atoms with Crippen LogP contribution in [0.1, 0.15) is 136 Å². The number of benzene rings is 1. The van der Waals surface area contributed by atoms with Crippen LogP contribution in [-0.2, 0) is 42.9 Å². The number of ether oxygens (including phenoxy) is 4. The molecule has 2 saturated carbocycles. The first-order valence-electron chi connectivity index (χ1n) is 22.6. The van der Waals surface area contributed by atoms with E-state index in [0.29, 0.717) is 18.4 Å². The van der Waals surface area contributed by atoms with Crippen molar-refractivity contribution in [1.82, 2.24) is 5.32 Å². The number of nitrogens with one attached hydrogen (secondary N) is 1. The maximum absolute atomic E-state index is 15.0. The zero-order valence-electron chi connectivity index (χ0n) is 36.9. The van der Waals surface area contributed by atoms with E-state index in [1.54, 1.807) is 51.1 Å². The Bertz CT molecular complexity index is 1840. The lowest BCUT2D eigenvalue weighted by Crippen LogP contribution is -2.81. The van der Waals surface area contributed by atoms with Crippen molar-refractivity contribution < 1.29 is 63.3 Å². The second-order valence-corrected chi connectivity index (χ2v) is 20.1. The van der Waals surface area contributed by atoms with Gasteiger partial charge < -0.3 is 44.7 Å². The predicted octanol–water partition coefficient (Wildman–Crippen LogP) is 4.97. The van der Waals surface area contributed by atoms with E-state index in [2.05, 4.69) is 5.32 Å². The Kier molecular flexibility index (Phi) is 15.4. The SMILES string of the molecule is CC(=O)O[C@]12CO[C@@H]1C[C@H](O)[C@@]1(C)C(=O)[C@@H](O)C3=C(C)[C@@H]4C[C@@](O)([C@H](OC(=O)CCCCCCCSCCCCCCCC(=O)N[C@H](c5ccccc5)[C@H](O)C(=O)O4)[C@H]21)C3(C)C. The molecule has 2 aliphatic heterocycles. The third-order valence-corrected chi connectivity index (χ3v) is 15.7. The standard InChI is InChI=1S/C47H67NO13S/c1-28-31-26-47(57)42(40-45(5,41(55)38(53)36(28)44(47,3)4)32(50)25-33-46(40,27-58-33)61-29(2)49)60-35(52)22-16-9-7-11-18-24-62-23-17-10-6-8-15-21-34(51)48-37(39(54)43(56)59-31)30-19-13-12-14-20-30/h12-14,19-20,31-33,37-40,42,50,53-54,57H,6-11,15-18,21-27H2,1-5H3,(H,48,51)/t31-,32-,33+,37+,38-,39-,40-,42+,45+,46+,47+/m0/s1. The van der Waals surface area contributed by atoms with Crippen molar-refractivity contribution in [2.24, 2.45) is 16.7 Å². The van der Waals surface area contributed by atoms with Crippen LogP contribution in [0.2, 0.25) is 0 Å². The molecule has 5 aliphatic rings. The minimum absolute atomic E-state index is 0.0000156. The van der Waals surface area contributed by atoms with E-state index in [4.69, 9.17) is 18.9 Å². The first-order valence-corrected chi connectivity index (χ1v) is 23.7. The van der Waals surface area contributed by atoms with Gasteiger partial charge in [-0.1, -0.05) is 82.7 Å². The van der Waals surface area contributed by atoms with Gasteiger partial charge in [0.1, 0.15) is 30.0 Å². The van der Waals surface area contributed by atoms with Crippen molar-refractivity contribution in [1.29, 1.82) is 0 Å². The van der Waals surface area contributed by atoms with Crippen LogP contribution >= 0.6 is 11.8 Å². The number of amides is 1. The molecular weight excluding hydrogens is 819 g/mol. The molecule has 0 unspecified atom stereocenters. The molecule has 4 fully saturated rings. The molecule has 2 heterocycles. The number of aliphatic hydroxyl groups excluding tert-OH is 3. The number of Topliss-reactive ketones (excluding diaryl/α,β-unsaturated/α-hetero) is 1. The third kappa shape index (κ3) is 9.26. The molecule has 3 aliphatic carbocycles. The minimum Gasteiger partial charge on any atom is -0.459 e. The number of hydrogen-bond acceptors (Lipinski definition) is 14. The van der Waals surface area contributed by atoms with E-state index in [-0.39, 0.29) is 42.9 Å². The van der Waals surface area contributed by atoms with Gasteiger partial charge in [-0.3, -0.25) is 19.2 Å². The average Bonchev–Trinajstić information content (AvgIpc) is 3.22. The zero-order valence-corrected chi connectivity index (χ0v) is 37.7. The Hall–Kier alpha value is -3.34. The van der Waals surface area contributed by atoms with Crippen LogP contribution in [0.15, 0.2) is 41.5 Å². The second-order valence-electron chi connectivity index (χ2n) is 18.9. The Morgan fingerprint density at radius 1 is 0.855 bits per heavy atom. The van der Waals surface area contributed by atoms with Crippen LogP contribution in [0.3, 0.4) is 0 Å². The van der Waals surface area contributed by atoms with Crippen LogP contribution in [0.25, 0.3) is 0 Å². The summed E-state index contributed by atoms with van der Waals surface area (Å²) in [6.07, 6.45) is -0.943. The summed E-state index contributed by atoms with van der Waals surface area (Å²) in [6.45, 7) is 7.16. The van der Waals surface area contributed by atoms with Crippen LogP contribution in [0.4, 0.5) is 0 Å². The fraction of sp³-hybridized carbons (Fsp3) is 0.723. The van der Waals surface area contributed by atoms with Gasteiger partial charge in [-0.25, -0.2) is 4.79 Å². The van der Waals surface area contributed by atoms with Crippen LogP contribution in [0.5, 0.6) is 0 Å². The monoisotopic (exact) mass is 885 g/mol. The number of aliphatic hydroxyl groups is 4. The Balaban J connectivity index is 1.43. The maximum Gasteiger partial charge on any atom is 0.338 e. The number of thioether (sulfide) groups is 1. The lowest BCUT2D eigenvalue weighted by molar-refractivity contribution is -0.347. The summed E-state index contributed by atoms with van der Waals surface area (Å²) in [5.74, 6) is -3.09. The van der Waals surface area contributed by atoms with E-state index in [0.717, 1.165) is 62.9 Å². The molecule has 1 aromatic rings. The fourth-order valence-corrected chi connectivity index (χ4v) is 12.0. The summed E-state index contributed by atoms with van der Waals surface area (Å²) in [5, 5.41) is 52.2. The summed E-state index contributed by atoms with van der Waals surface area (Å²) >= 11 is 1.93. The summed E-state index contributed by atoms with van der Waals surface area (Å²) < 4.78 is 24.4. The lowest BCUT2D eigenvalue weighted by Gasteiger charge is -2.67. The minimum atomic E-state index is -2.26. The molecule has 3 bridgehead atoms. The number of carbonyl (C=O) groups excluding carboxylic acids is 5. The number of esters is 3. The number of ketones is 1. The van der Waals surface area contributed by atoms with Gasteiger partial charge in [-0.05, 0) is 67.7 Å². The highest BCUT2D eigenvalue weighted by Gasteiger charge is 2.78. The van der Waals surface area contributed by atoms with Gasteiger partial charge >= 0.3 is 17.9 Å². The molecular formula is C47H67NO13S. The van der Waals surface area contributed by atoms with Crippen LogP contribution < -0.4 is 5.32 Å². The molecule has 344 valence electrons. The van der Waals surface area contributed by atoms with E-state index in [1.807, 2.05) is 11.8 Å². The van der Waals surface area contributed by atoms with E-state index in [9.17, 15) is 39.6 Å². The second kappa shape index (κ2) is 19.8. The van der Waals surface area contributed by atoms with Gasteiger partial charge in [0.05, 0.1) is 30.1 Å². The normalized spacial score (nSPS) is 38.3. The number of carbonyl (C=O) groups is 5. The summed E-state index contributed by atoms with van der Waals surface area (Å²) in [4.78, 5) is 69.6. The van der Waals surface area contributed by atoms with Crippen LogP contribution in [-0.4, -0.2) is 116 Å². The van der Waals surface area contributed by atoms with E-state index < -0.39 is 101 Å². The summed E-state index contributed by atoms with van der Waals surface area (Å²) in [5.41, 5.74) is -6.78. The Morgan fingerprint density at radius 2 is 1.47 bits per heavy atom. The summed E-state index contributed by atoms with van der Waals surface area (Å²) in [6, 6.07) is 7.33. The molecule has 5 N–H and O–H groups in total. The van der Waals surface area contributed by atoms with Gasteiger partial charge in [0.25, 0.3) is 0 Å². The van der Waals surface area contributed by atoms with Gasteiger partial charge in [-0.2, -0.15) is 11.8 Å². The third-order valence-electron chi connectivity index (χ3n) is 14.6. The van der Waals surface area contributed by atoms with Crippen molar-refractivity contribution in [2.75, 3.05) is 18.1 Å². The quantitative estimate of drug-likeness (QED) is 0.151. The van der Waals surface area contributed by atoms with Gasteiger partial charge in [0.2, 0.25) is 5.91 Å². The van der Waals surface area contributed by atoms with E-state index >= 15 is 4.79 Å². The Morgan fingerprint density at radius 3 is 2.08 bits per heavy atom. The molecule has 1 aromatic carbocycles. The molecule has 11 atom stereocenters. The Labute approximate surface area is 369 Å². The predicted molar refractivity (Wildman–Crippen MR) is 229 cm³/mol. The highest BCUT2D eigenvalue weighted by molar-refractivity contribution is 7.99. The van der Waals surface area contributed by atoms with E-state index in [1.165, 1.54) is 13.8 Å². The lowest BCUT2D eigenvalue weighted by atomic mass is 9.44. The molecule has 0 spiro atoms. The molecule has 1 amide bonds. The van der Waals surface area contributed by atoms with Crippen molar-refractivity contribution in [3.05, 3.63) is 47.0 Å². The van der Waals surface area contributed by atoms with Crippen molar-refractivity contribution in [2.45, 2.75) is 178 Å². The molecule has 14 nitrogen and oxygen atoms in total. The van der Waals surface area contributed by atoms with Crippen molar-refractivity contribution >= 4 is 41.4 Å². The molecule has 62 heavy (non-hydrogen) atoms. The first kappa shape index (κ1) is 48.1. The fourth-order valence-electron chi connectivity index (χ4n) is 10.9. The van der Waals surface area contributed by atoms with Crippen molar-refractivity contribution in [3.63, 3.8) is 0 Å². The largest absolute Gasteiger partial charge is 0.459 e. The number of rotatable bonds is 2. The van der Waals surface area contributed by atoms with Gasteiger partial charge in [0, 0.05) is 38.0 Å². The molecule has 6 rings (SSSR count). The number of hydrogen-bond donors (Lipinski definition) is 5. The topological polar surface area (TPSA) is 215 Å². The van der Waals surface area contributed by atoms with Crippen molar-refractivity contribution in [3.8, 4) is 0 Å². The van der Waals surface area contributed by atoms with Crippen LogP contribution in [0, 0.1) is 16.7 Å². The van der Waals surface area contributed by atoms with Gasteiger partial charge in [0.15, 0.2) is 17.5 Å². The highest BCUT2D eigenvalue weighted by Crippen LogP contribution is 2.64. The smallest absolute Gasteiger partial charge is 0.338 e.